The average Bonchev–Trinajstić information content (AvgIpc) is 3.22. The number of oxime groups is 1. The molecule has 1 aromatic heterocycles. The van der Waals surface area contributed by atoms with E-state index in [0.29, 0.717) is 17.1 Å². The average molecular weight is 554 g/mol. The van der Waals surface area contributed by atoms with Gasteiger partial charge in [-0.25, -0.2) is 9.78 Å². The number of aromatic nitrogens is 1. The lowest BCUT2D eigenvalue weighted by Gasteiger charge is -2.49. The minimum atomic E-state index is -1.26. The number of nitrogens with one attached hydrogen (secondary N) is 1. The van der Waals surface area contributed by atoms with Gasteiger partial charge in [0.1, 0.15) is 35.2 Å². The van der Waals surface area contributed by atoms with Crippen molar-refractivity contribution in [1.82, 2.24) is 15.2 Å². The standard InChI is InChI=1S/C19H16BrN5O6S2/c20-9-1-3-10(4-2-9)31-5-8-6-32-17-13(16(27)25(17)14(8)18(28)29)23-15(26)12(24-30)11-7-33-19(21)22-11/h1-4,7,13,17,30H,5-6H2,(H2,21,22)(H,23,26)(H,28,29)/b24-12-/t13?,17-/m1/s1. The number of carboxylic acid groups (broad SMARTS) is 1. The van der Waals surface area contributed by atoms with E-state index in [1.807, 2.05) is 0 Å². The van der Waals surface area contributed by atoms with Crippen LogP contribution in [0.3, 0.4) is 0 Å². The van der Waals surface area contributed by atoms with Gasteiger partial charge in [0, 0.05) is 21.2 Å². The molecule has 1 aromatic carbocycles. The van der Waals surface area contributed by atoms with E-state index in [1.165, 1.54) is 17.1 Å². The smallest absolute Gasteiger partial charge is 0.352 e. The Bertz CT molecular complexity index is 1180. The number of fused-ring (bicyclic) bond motifs is 1. The number of carbonyl (C=O) groups excluding carboxylic acids is 2. The second-order valence-electron chi connectivity index (χ2n) is 6.88. The third-order valence-electron chi connectivity index (χ3n) is 4.84. The van der Waals surface area contributed by atoms with Crippen molar-refractivity contribution in [3.05, 3.63) is 51.1 Å². The maximum atomic E-state index is 12.8. The molecule has 0 saturated carbocycles. The molecule has 2 aliphatic heterocycles. The number of hydrogen-bond acceptors (Lipinski definition) is 10. The monoisotopic (exact) mass is 553 g/mol. The number of nitrogens with zero attached hydrogens (tertiary/aromatic N) is 3. The number of thiazole rings is 1. The van der Waals surface area contributed by atoms with Crippen molar-refractivity contribution >= 4 is 67.7 Å². The first-order valence-electron chi connectivity index (χ1n) is 9.32. The number of benzene rings is 1. The highest BCUT2D eigenvalue weighted by Crippen LogP contribution is 2.40. The largest absolute Gasteiger partial charge is 0.489 e. The van der Waals surface area contributed by atoms with E-state index < -0.39 is 34.9 Å². The molecule has 2 aliphatic rings. The topological polar surface area (TPSA) is 167 Å². The lowest BCUT2D eigenvalue weighted by atomic mass is 10.0. The summed E-state index contributed by atoms with van der Waals surface area (Å²) in [5, 5.41) is 25.4. The molecular formula is C19H16BrN5O6S2. The molecule has 1 unspecified atom stereocenters. The third-order valence-corrected chi connectivity index (χ3v) is 7.38. The van der Waals surface area contributed by atoms with Gasteiger partial charge < -0.3 is 26.1 Å². The molecule has 2 aromatic rings. The van der Waals surface area contributed by atoms with Gasteiger partial charge in [-0.2, -0.15) is 0 Å². The van der Waals surface area contributed by atoms with Crippen molar-refractivity contribution in [2.24, 2.45) is 5.16 Å². The molecule has 4 rings (SSSR count). The van der Waals surface area contributed by atoms with Gasteiger partial charge in [-0.3, -0.25) is 14.5 Å². The van der Waals surface area contributed by atoms with Gasteiger partial charge in [0.2, 0.25) is 0 Å². The maximum absolute atomic E-state index is 12.8. The Labute approximate surface area is 203 Å². The zero-order valence-electron chi connectivity index (χ0n) is 16.6. The number of halogens is 1. The Morgan fingerprint density at radius 1 is 1.36 bits per heavy atom. The molecule has 0 spiro atoms. The molecule has 33 heavy (non-hydrogen) atoms. The van der Waals surface area contributed by atoms with Crippen LogP contribution in [0.4, 0.5) is 5.13 Å². The summed E-state index contributed by atoms with van der Waals surface area (Å²) in [6, 6.07) is 6.08. The number of thioether (sulfide) groups is 1. The summed E-state index contributed by atoms with van der Waals surface area (Å²) in [7, 11) is 0. The molecule has 0 radical (unpaired) electrons. The van der Waals surface area contributed by atoms with Gasteiger partial charge in [-0.05, 0) is 24.3 Å². The first kappa shape index (κ1) is 23.1. The molecule has 1 saturated heterocycles. The predicted octanol–water partition coefficient (Wildman–Crippen LogP) is 1.48. The van der Waals surface area contributed by atoms with E-state index >= 15 is 0 Å². The van der Waals surface area contributed by atoms with Crippen LogP contribution in [0.2, 0.25) is 0 Å². The molecule has 0 bridgehead atoms. The Balaban J connectivity index is 1.47. The summed E-state index contributed by atoms with van der Waals surface area (Å²) in [6.07, 6.45) is 0. The van der Waals surface area contributed by atoms with Gasteiger partial charge in [0.05, 0.1) is 0 Å². The Morgan fingerprint density at radius 2 is 2.09 bits per heavy atom. The number of nitrogens with two attached hydrogens (primary N) is 1. The van der Waals surface area contributed by atoms with Crippen LogP contribution in [-0.4, -0.2) is 67.5 Å². The van der Waals surface area contributed by atoms with Crippen molar-refractivity contribution in [2.45, 2.75) is 11.4 Å². The van der Waals surface area contributed by atoms with Gasteiger partial charge in [0.15, 0.2) is 10.8 Å². The SMILES string of the molecule is Nc1nc(/C(=N/O)C(=O)NC2C(=O)N3C(C(=O)O)=C(COc4ccc(Br)cc4)CS[C@H]23)cs1. The van der Waals surface area contributed by atoms with E-state index in [0.717, 1.165) is 20.7 Å². The fraction of sp³-hybridized carbons (Fsp3) is 0.211. The lowest BCUT2D eigenvalue weighted by Crippen LogP contribution is -2.71. The number of β-lactam (4-membered cyclic amide) rings is 1. The van der Waals surface area contributed by atoms with Crippen LogP contribution in [0.15, 0.2) is 50.5 Å². The molecule has 2 amide bonds. The third kappa shape index (κ3) is 4.54. The molecule has 3 heterocycles. The number of rotatable bonds is 7. The van der Waals surface area contributed by atoms with E-state index in [4.69, 9.17) is 10.5 Å². The molecule has 5 N–H and O–H groups in total. The van der Waals surface area contributed by atoms with Crippen molar-refractivity contribution < 1.29 is 29.4 Å². The highest BCUT2D eigenvalue weighted by atomic mass is 79.9. The van der Waals surface area contributed by atoms with Crippen molar-refractivity contribution in [2.75, 3.05) is 18.1 Å². The van der Waals surface area contributed by atoms with Crippen LogP contribution < -0.4 is 15.8 Å². The van der Waals surface area contributed by atoms with Crippen LogP contribution >= 0.6 is 39.0 Å². The fourth-order valence-corrected chi connectivity index (χ4v) is 5.45. The summed E-state index contributed by atoms with van der Waals surface area (Å²) in [5.41, 5.74) is 5.50. The second-order valence-corrected chi connectivity index (χ2v) is 9.79. The first-order chi connectivity index (χ1) is 15.8. The molecular weight excluding hydrogens is 538 g/mol. The van der Waals surface area contributed by atoms with Crippen LogP contribution in [-0.2, 0) is 14.4 Å². The number of carboxylic acids is 1. The predicted molar refractivity (Wildman–Crippen MR) is 124 cm³/mol. The minimum Gasteiger partial charge on any atom is -0.489 e. The van der Waals surface area contributed by atoms with E-state index in [1.54, 1.807) is 24.3 Å². The number of anilines is 1. The minimum absolute atomic E-state index is 0.00361. The summed E-state index contributed by atoms with van der Waals surface area (Å²) in [4.78, 5) is 42.3. The summed E-state index contributed by atoms with van der Waals surface area (Å²) in [6.45, 7) is -0.00361. The van der Waals surface area contributed by atoms with Gasteiger partial charge >= 0.3 is 5.97 Å². The van der Waals surface area contributed by atoms with Crippen molar-refractivity contribution in [3.8, 4) is 5.75 Å². The zero-order valence-corrected chi connectivity index (χ0v) is 19.8. The van der Waals surface area contributed by atoms with Gasteiger partial charge in [-0.1, -0.05) is 21.1 Å². The number of aliphatic carboxylic acids is 1. The summed E-state index contributed by atoms with van der Waals surface area (Å²) < 4.78 is 6.57. The molecule has 0 aliphatic carbocycles. The van der Waals surface area contributed by atoms with Gasteiger partial charge in [0.25, 0.3) is 11.8 Å². The molecule has 14 heteroatoms. The molecule has 172 valence electrons. The quantitative estimate of drug-likeness (QED) is 0.172. The Kier molecular flexibility index (Phi) is 6.58. The van der Waals surface area contributed by atoms with Gasteiger partial charge in [-0.15, -0.1) is 23.1 Å². The fourth-order valence-electron chi connectivity index (χ4n) is 3.31. The molecule has 11 nitrogen and oxygen atoms in total. The summed E-state index contributed by atoms with van der Waals surface area (Å²) in [5.74, 6) is -1.83. The highest BCUT2D eigenvalue weighted by molar-refractivity contribution is 9.10. The number of amides is 2. The van der Waals surface area contributed by atoms with E-state index in [9.17, 15) is 24.7 Å². The van der Waals surface area contributed by atoms with Crippen molar-refractivity contribution in [3.63, 3.8) is 0 Å². The first-order valence-corrected chi connectivity index (χ1v) is 12.0. The maximum Gasteiger partial charge on any atom is 0.352 e. The number of nitrogen functional groups attached to an aromatic ring is 1. The number of carbonyl (C=O) groups is 3. The zero-order chi connectivity index (χ0) is 23.7. The number of hydrogen-bond donors (Lipinski definition) is 4. The van der Waals surface area contributed by atoms with E-state index in [2.05, 4.69) is 31.4 Å². The van der Waals surface area contributed by atoms with E-state index in [-0.39, 0.29) is 23.1 Å². The number of ether oxygens (including phenoxy) is 1. The lowest BCUT2D eigenvalue weighted by molar-refractivity contribution is -0.150. The van der Waals surface area contributed by atoms with Crippen molar-refractivity contribution in [1.29, 1.82) is 0 Å². The molecule has 1 fully saturated rings. The highest BCUT2D eigenvalue weighted by Gasteiger charge is 2.54. The van der Waals surface area contributed by atoms with Crippen LogP contribution in [0, 0.1) is 0 Å². The second kappa shape index (κ2) is 9.41. The van der Waals surface area contributed by atoms with Crippen LogP contribution in [0.25, 0.3) is 0 Å². The normalized spacial score (nSPS) is 20.2. The Morgan fingerprint density at radius 3 is 2.70 bits per heavy atom. The van der Waals surface area contributed by atoms with Crippen LogP contribution in [0.5, 0.6) is 5.75 Å². The summed E-state index contributed by atoms with van der Waals surface area (Å²) >= 11 is 5.69. The molecule has 2 atom stereocenters. The van der Waals surface area contributed by atoms with Crippen LogP contribution in [0.1, 0.15) is 5.69 Å². The Hall–Kier alpha value is -3.10.